The maximum absolute atomic E-state index is 14.1. The Morgan fingerprint density at radius 1 is 0.643 bits per heavy atom. The van der Waals surface area contributed by atoms with Crippen LogP contribution in [0, 0.1) is 0 Å². The Morgan fingerprint density at radius 3 is 1.36 bits per heavy atom. The molecule has 69 valence electrons. The first-order valence-corrected chi connectivity index (χ1v) is 9.87. The molecule has 14 heavy (non-hydrogen) atoms. The van der Waals surface area contributed by atoms with Gasteiger partial charge < -0.3 is 0 Å². The molecular weight excluding hydrogens is 370 g/mol. The van der Waals surface area contributed by atoms with Gasteiger partial charge >= 0.3 is 92.7 Å². The third kappa shape index (κ3) is 2.20. The minimum atomic E-state index is -3.17. The molecule has 0 saturated heterocycles. The van der Waals surface area contributed by atoms with Crippen molar-refractivity contribution in [3.8, 4) is 0 Å². The van der Waals surface area contributed by atoms with E-state index in [9.17, 15) is 2.51 Å². The summed E-state index contributed by atoms with van der Waals surface area (Å²) in [5, 5.41) is 0. The first-order chi connectivity index (χ1) is 6.88. The summed E-state index contributed by atoms with van der Waals surface area (Å²) >= 11 is -3.17. The molecule has 0 N–H and O–H groups in total. The summed E-state index contributed by atoms with van der Waals surface area (Å²) in [6.45, 7) is 0. The molecule has 2 rings (SSSR count). The Kier molecular flexibility index (Phi) is 3.29. The van der Waals surface area contributed by atoms with E-state index in [1.54, 1.807) is 0 Å². The van der Waals surface area contributed by atoms with E-state index in [4.69, 9.17) is 0 Å². The topological polar surface area (TPSA) is 0 Å². The molecule has 2 aromatic rings. The van der Waals surface area contributed by atoms with Gasteiger partial charge in [0.2, 0.25) is 0 Å². The van der Waals surface area contributed by atoms with Crippen LogP contribution in [0.5, 0.6) is 0 Å². The zero-order valence-corrected chi connectivity index (χ0v) is 11.5. The van der Waals surface area contributed by atoms with Gasteiger partial charge in [-0.2, -0.15) is 0 Å². The van der Waals surface area contributed by atoms with Gasteiger partial charge in [0.15, 0.2) is 0 Å². The minimum absolute atomic E-state index is 0.920. The fourth-order valence-corrected chi connectivity index (χ4v) is 6.40. The Balaban J connectivity index is 2.30. The van der Waals surface area contributed by atoms with Crippen molar-refractivity contribution in [3.63, 3.8) is 0 Å². The molecule has 0 atom stereocenters. The van der Waals surface area contributed by atoms with Gasteiger partial charge in [0.05, 0.1) is 0 Å². The first kappa shape index (κ1) is 9.83. The van der Waals surface area contributed by atoms with E-state index < -0.39 is 23.3 Å². The molecule has 2 heteroatoms. The van der Waals surface area contributed by atoms with Gasteiger partial charge in [-0.1, -0.05) is 0 Å². The molecule has 1 radical (unpaired) electrons. The summed E-state index contributed by atoms with van der Waals surface area (Å²) in [5.41, 5.74) is 0. The van der Waals surface area contributed by atoms with Crippen LogP contribution in [0.15, 0.2) is 60.7 Å². The fraction of sp³-hybridized carbons (Fsp3) is 0. The van der Waals surface area contributed by atoms with Crippen LogP contribution in [-0.2, 0) is 0 Å². The van der Waals surface area contributed by atoms with E-state index in [1.165, 1.54) is 0 Å². The first-order valence-electron chi connectivity index (χ1n) is 4.51. The molecule has 0 fully saturated rings. The molecular formula is C12H10FPb. The summed E-state index contributed by atoms with van der Waals surface area (Å²) in [6.07, 6.45) is 0. The van der Waals surface area contributed by atoms with Gasteiger partial charge in [-0.05, 0) is 0 Å². The van der Waals surface area contributed by atoms with Gasteiger partial charge in [-0.3, -0.25) is 0 Å². The van der Waals surface area contributed by atoms with Crippen molar-refractivity contribution in [3.05, 3.63) is 60.7 Å². The molecule has 0 aliphatic carbocycles. The van der Waals surface area contributed by atoms with E-state index in [-0.39, 0.29) is 0 Å². The predicted octanol–water partition coefficient (Wildman–Crippen LogP) is 1.76. The third-order valence-corrected chi connectivity index (χ3v) is 8.59. The van der Waals surface area contributed by atoms with Crippen molar-refractivity contribution in [2.45, 2.75) is 0 Å². The van der Waals surface area contributed by atoms with Crippen molar-refractivity contribution in [2.75, 3.05) is 0 Å². The van der Waals surface area contributed by atoms with Crippen molar-refractivity contribution in [1.82, 2.24) is 0 Å². The number of halogens is 1. The number of benzene rings is 2. The molecule has 0 unspecified atom stereocenters. The van der Waals surface area contributed by atoms with Crippen molar-refractivity contribution in [2.24, 2.45) is 0 Å². The molecule has 0 amide bonds. The molecule has 0 aliphatic rings. The average molecular weight is 380 g/mol. The monoisotopic (exact) mass is 381 g/mol. The number of hydrogen-bond acceptors (Lipinski definition) is 0. The van der Waals surface area contributed by atoms with Crippen molar-refractivity contribution >= 4 is 29.6 Å². The molecule has 2 aromatic carbocycles. The quantitative estimate of drug-likeness (QED) is 0.697. The molecule has 0 spiro atoms. The van der Waals surface area contributed by atoms with E-state index in [1.807, 2.05) is 60.7 Å². The van der Waals surface area contributed by atoms with Gasteiger partial charge in [0.1, 0.15) is 0 Å². The standard InChI is InChI=1S/2C6H5.FH.Pb/c2*1-2-4-6-5-3-1;;/h2*1-5H;1H;/q;;;+1/p-1. The SMILES string of the molecule is [F][Pb]([c]1ccccc1)[c]1ccccc1. The predicted molar refractivity (Wildman–Crippen MR) is 59.0 cm³/mol. The second-order valence-corrected chi connectivity index (χ2v) is 9.98. The van der Waals surface area contributed by atoms with E-state index in [0.29, 0.717) is 0 Å². The van der Waals surface area contributed by atoms with Gasteiger partial charge in [-0.15, -0.1) is 0 Å². The zero-order valence-electron chi connectivity index (χ0n) is 7.65. The molecule has 0 nitrogen and oxygen atoms in total. The molecule has 0 aliphatic heterocycles. The Bertz CT molecular complexity index is 346. The van der Waals surface area contributed by atoms with E-state index >= 15 is 0 Å². The molecule has 0 aromatic heterocycles. The molecule has 0 heterocycles. The second-order valence-electron chi connectivity index (χ2n) is 3.05. The van der Waals surface area contributed by atoms with Crippen LogP contribution in [0.4, 0.5) is 2.51 Å². The van der Waals surface area contributed by atoms with Crippen molar-refractivity contribution < 1.29 is 2.51 Å². The van der Waals surface area contributed by atoms with Crippen LogP contribution in [0.1, 0.15) is 0 Å². The average Bonchev–Trinajstić information content (AvgIpc) is 2.30. The Labute approximate surface area is 92.5 Å². The van der Waals surface area contributed by atoms with Crippen LogP contribution >= 0.6 is 0 Å². The van der Waals surface area contributed by atoms with E-state index in [0.717, 1.165) is 6.25 Å². The van der Waals surface area contributed by atoms with Crippen LogP contribution in [0.3, 0.4) is 0 Å². The Morgan fingerprint density at radius 2 is 1.00 bits per heavy atom. The fourth-order valence-electron chi connectivity index (χ4n) is 1.34. The van der Waals surface area contributed by atoms with E-state index in [2.05, 4.69) is 0 Å². The van der Waals surface area contributed by atoms with Gasteiger partial charge in [0, 0.05) is 0 Å². The van der Waals surface area contributed by atoms with Crippen LogP contribution in [0.2, 0.25) is 0 Å². The number of rotatable bonds is 2. The summed E-state index contributed by atoms with van der Waals surface area (Å²) in [4.78, 5) is 0. The van der Waals surface area contributed by atoms with Gasteiger partial charge in [0.25, 0.3) is 0 Å². The number of hydrogen-bond donors (Lipinski definition) is 0. The maximum atomic E-state index is 14.1. The summed E-state index contributed by atoms with van der Waals surface area (Å²) in [6, 6.07) is 19.1. The molecule has 0 saturated carbocycles. The summed E-state index contributed by atoms with van der Waals surface area (Å²) in [5.74, 6) is 0. The van der Waals surface area contributed by atoms with Crippen molar-refractivity contribution in [1.29, 1.82) is 0 Å². The summed E-state index contributed by atoms with van der Waals surface area (Å²) < 4.78 is 15.9. The third-order valence-electron chi connectivity index (χ3n) is 2.05. The zero-order chi connectivity index (χ0) is 9.80. The Hall–Kier alpha value is -0.708. The van der Waals surface area contributed by atoms with Crippen LogP contribution in [-0.4, -0.2) is 23.3 Å². The second kappa shape index (κ2) is 4.68. The molecule has 0 bridgehead atoms. The summed E-state index contributed by atoms with van der Waals surface area (Å²) in [7, 11) is 0. The van der Waals surface area contributed by atoms with Crippen LogP contribution in [0.25, 0.3) is 0 Å². The van der Waals surface area contributed by atoms with Crippen LogP contribution < -0.4 is 6.25 Å². The van der Waals surface area contributed by atoms with Gasteiger partial charge in [-0.25, -0.2) is 0 Å². The normalized spacial score (nSPS) is 10.4.